The lowest BCUT2D eigenvalue weighted by Crippen LogP contribution is -2.46. The quantitative estimate of drug-likeness (QED) is 0.596. The van der Waals surface area contributed by atoms with Crippen molar-refractivity contribution in [2.24, 2.45) is 0 Å². The molecule has 2 aliphatic carbocycles. The number of carbonyl (C=O) groups is 1. The smallest absolute Gasteiger partial charge is 0.262 e. The third-order valence-electron chi connectivity index (χ3n) is 6.10. The molecule has 1 aromatic heterocycles. The number of hydrogen-bond donors (Lipinski definition) is 1. The van der Waals surface area contributed by atoms with Crippen LogP contribution in [0.2, 0.25) is 0 Å². The Hall–Kier alpha value is -2.33. The number of nitrogens with zero attached hydrogens (tertiary/aromatic N) is 3. The Morgan fingerprint density at radius 2 is 1.93 bits per heavy atom. The number of rotatable bonds is 5. The molecule has 0 aliphatic heterocycles. The first-order chi connectivity index (χ1) is 14.1. The Morgan fingerprint density at radius 3 is 2.66 bits per heavy atom. The molecule has 0 unspecified atom stereocenters. The second kappa shape index (κ2) is 8.58. The second-order valence-electron chi connectivity index (χ2n) is 8.12. The van der Waals surface area contributed by atoms with Crippen molar-refractivity contribution in [3.63, 3.8) is 0 Å². The lowest BCUT2D eigenvalue weighted by atomic mass is 9.95. The minimum atomic E-state index is -0.725. The Morgan fingerprint density at radius 1 is 1.21 bits per heavy atom. The van der Waals surface area contributed by atoms with Gasteiger partial charge in [-0.15, -0.1) is 0 Å². The van der Waals surface area contributed by atoms with Gasteiger partial charge in [-0.25, -0.2) is 4.98 Å². The van der Waals surface area contributed by atoms with Crippen molar-refractivity contribution < 1.29 is 4.79 Å². The fraction of sp³-hybridized carbons (Fsp3) is 0.545. The Kier molecular flexibility index (Phi) is 5.91. The predicted molar refractivity (Wildman–Crippen MR) is 114 cm³/mol. The molecule has 29 heavy (non-hydrogen) atoms. The van der Waals surface area contributed by atoms with Crippen LogP contribution >= 0.6 is 11.8 Å². The van der Waals surface area contributed by atoms with Crippen molar-refractivity contribution in [1.82, 2.24) is 14.9 Å². The van der Waals surface area contributed by atoms with E-state index in [1.807, 2.05) is 28.8 Å². The van der Waals surface area contributed by atoms with Crippen molar-refractivity contribution in [2.45, 2.75) is 74.5 Å². The minimum Gasteiger partial charge on any atom is -0.337 e. The molecule has 0 spiro atoms. The maximum atomic E-state index is 13.2. The minimum absolute atomic E-state index is 0.0188. The Balaban J connectivity index is 1.59. The van der Waals surface area contributed by atoms with E-state index >= 15 is 0 Å². The SMILES string of the molecule is N#CC1(NC(=O)CSc2nc3ccccc3c(=O)n2C2CCCCC2)CCCC1. The third kappa shape index (κ3) is 4.18. The van der Waals surface area contributed by atoms with Crippen molar-refractivity contribution in [3.8, 4) is 6.07 Å². The number of fused-ring (bicyclic) bond motifs is 1. The van der Waals surface area contributed by atoms with E-state index in [-0.39, 0.29) is 23.3 Å². The first-order valence-corrected chi connectivity index (χ1v) is 11.5. The van der Waals surface area contributed by atoms with Crippen LogP contribution < -0.4 is 10.9 Å². The molecular formula is C22H26N4O2S. The van der Waals surface area contributed by atoms with Crippen molar-refractivity contribution in [2.75, 3.05) is 5.75 Å². The van der Waals surface area contributed by atoms with Gasteiger partial charge >= 0.3 is 0 Å². The number of amides is 1. The van der Waals surface area contributed by atoms with Crippen LogP contribution in [0.1, 0.15) is 63.8 Å². The molecular weight excluding hydrogens is 384 g/mol. The van der Waals surface area contributed by atoms with Gasteiger partial charge in [0, 0.05) is 6.04 Å². The van der Waals surface area contributed by atoms with Crippen LogP contribution in [0.5, 0.6) is 0 Å². The number of benzene rings is 1. The molecule has 1 amide bonds. The van der Waals surface area contributed by atoms with Crippen molar-refractivity contribution >= 4 is 28.6 Å². The van der Waals surface area contributed by atoms with Gasteiger partial charge in [0.15, 0.2) is 5.16 Å². The summed E-state index contributed by atoms with van der Waals surface area (Å²) in [4.78, 5) is 30.5. The number of thioether (sulfide) groups is 1. The van der Waals surface area contributed by atoms with Crippen LogP contribution in [0.15, 0.2) is 34.2 Å². The lowest BCUT2D eigenvalue weighted by molar-refractivity contribution is -0.119. The molecule has 152 valence electrons. The first-order valence-electron chi connectivity index (χ1n) is 10.5. The van der Waals surface area contributed by atoms with E-state index < -0.39 is 5.54 Å². The van der Waals surface area contributed by atoms with Gasteiger partial charge in [0.25, 0.3) is 5.56 Å². The highest BCUT2D eigenvalue weighted by molar-refractivity contribution is 7.99. The van der Waals surface area contributed by atoms with Gasteiger partial charge in [0.2, 0.25) is 5.91 Å². The highest BCUT2D eigenvalue weighted by Gasteiger charge is 2.35. The van der Waals surface area contributed by atoms with E-state index in [4.69, 9.17) is 4.98 Å². The summed E-state index contributed by atoms with van der Waals surface area (Å²) in [6, 6.07) is 9.83. The fourth-order valence-electron chi connectivity index (χ4n) is 4.56. The zero-order valence-electron chi connectivity index (χ0n) is 16.5. The van der Waals surface area contributed by atoms with Gasteiger partial charge in [-0.1, -0.05) is 43.2 Å². The average Bonchev–Trinajstić information content (AvgIpc) is 3.22. The maximum absolute atomic E-state index is 13.2. The molecule has 1 aromatic carbocycles. The van der Waals surface area contributed by atoms with E-state index in [2.05, 4.69) is 11.4 Å². The lowest BCUT2D eigenvalue weighted by Gasteiger charge is -2.26. The summed E-state index contributed by atoms with van der Waals surface area (Å²) in [5.74, 6) is -0.0166. The summed E-state index contributed by atoms with van der Waals surface area (Å²) in [5, 5.41) is 13.6. The standard InChI is InChI=1S/C22H26N4O2S/c23-15-22(12-6-7-13-22)25-19(27)14-29-21-24-18-11-5-4-10-17(18)20(28)26(21)16-8-2-1-3-9-16/h4-5,10-11,16H,1-3,6-9,12-14H2,(H,25,27). The van der Waals surface area contributed by atoms with Gasteiger partial charge in [-0.2, -0.15) is 5.26 Å². The number of nitriles is 1. The van der Waals surface area contributed by atoms with Crippen LogP contribution in [0.3, 0.4) is 0 Å². The highest BCUT2D eigenvalue weighted by Crippen LogP contribution is 2.32. The molecule has 4 rings (SSSR count). The largest absolute Gasteiger partial charge is 0.337 e. The molecule has 7 heteroatoms. The first kappa shape index (κ1) is 20.0. The molecule has 0 atom stereocenters. The number of aromatic nitrogens is 2. The summed E-state index contributed by atoms with van der Waals surface area (Å²) in [6.07, 6.45) is 8.71. The van der Waals surface area contributed by atoms with E-state index in [0.717, 1.165) is 38.5 Å². The number of para-hydroxylation sites is 1. The van der Waals surface area contributed by atoms with Crippen molar-refractivity contribution in [1.29, 1.82) is 5.26 Å². The maximum Gasteiger partial charge on any atom is 0.262 e. The van der Waals surface area contributed by atoms with Crippen LogP contribution in [-0.2, 0) is 4.79 Å². The normalized spacial score (nSPS) is 19.1. The highest BCUT2D eigenvalue weighted by atomic mass is 32.2. The average molecular weight is 411 g/mol. The number of carbonyl (C=O) groups excluding carboxylic acids is 1. The summed E-state index contributed by atoms with van der Waals surface area (Å²) < 4.78 is 1.81. The van der Waals surface area contributed by atoms with Crippen molar-refractivity contribution in [3.05, 3.63) is 34.6 Å². The van der Waals surface area contributed by atoms with E-state index in [1.54, 1.807) is 0 Å². The van der Waals surface area contributed by atoms with Gasteiger partial charge in [0.1, 0.15) is 5.54 Å². The molecule has 1 N–H and O–H groups in total. The molecule has 1 heterocycles. The third-order valence-corrected chi connectivity index (χ3v) is 7.05. The zero-order valence-corrected chi connectivity index (χ0v) is 17.3. The molecule has 0 radical (unpaired) electrons. The van der Waals surface area contributed by atoms with Gasteiger partial charge in [-0.05, 0) is 50.7 Å². The molecule has 0 saturated heterocycles. The van der Waals surface area contributed by atoms with E-state index in [1.165, 1.54) is 18.2 Å². The van der Waals surface area contributed by atoms with Gasteiger partial charge in [0.05, 0.1) is 22.7 Å². The fourth-order valence-corrected chi connectivity index (χ4v) is 5.43. The van der Waals surface area contributed by atoms with Gasteiger partial charge < -0.3 is 5.32 Å². The second-order valence-corrected chi connectivity index (χ2v) is 9.06. The Bertz CT molecular complexity index is 998. The molecule has 2 aliphatic rings. The van der Waals surface area contributed by atoms with E-state index in [9.17, 15) is 14.9 Å². The zero-order chi connectivity index (χ0) is 20.3. The Labute approximate surface area is 174 Å². The van der Waals surface area contributed by atoms with Crippen LogP contribution in [-0.4, -0.2) is 26.8 Å². The van der Waals surface area contributed by atoms with Crippen LogP contribution in [0.4, 0.5) is 0 Å². The summed E-state index contributed by atoms with van der Waals surface area (Å²) in [6.45, 7) is 0. The molecule has 2 saturated carbocycles. The van der Waals surface area contributed by atoms with Gasteiger partial charge in [-0.3, -0.25) is 14.2 Å². The molecule has 6 nitrogen and oxygen atoms in total. The topological polar surface area (TPSA) is 87.8 Å². The summed E-state index contributed by atoms with van der Waals surface area (Å²) in [5.41, 5.74) is -0.0798. The monoisotopic (exact) mass is 410 g/mol. The summed E-state index contributed by atoms with van der Waals surface area (Å²) in [7, 11) is 0. The molecule has 2 aromatic rings. The van der Waals surface area contributed by atoms with Crippen LogP contribution in [0.25, 0.3) is 10.9 Å². The number of nitrogens with one attached hydrogen (secondary N) is 1. The molecule has 2 fully saturated rings. The molecule has 0 bridgehead atoms. The van der Waals surface area contributed by atoms with E-state index in [0.29, 0.717) is 28.9 Å². The summed E-state index contributed by atoms with van der Waals surface area (Å²) >= 11 is 1.30. The number of hydrogen-bond acceptors (Lipinski definition) is 5. The van der Waals surface area contributed by atoms with Crippen LogP contribution in [0, 0.1) is 11.3 Å². The predicted octanol–water partition coefficient (Wildman–Crippen LogP) is 3.95.